The number of anilines is 2. The number of benzene rings is 1. The summed E-state index contributed by atoms with van der Waals surface area (Å²) in [7, 11) is 5.71. The maximum Gasteiger partial charge on any atom is 0.238 e. The molecule has 0 aliphatic heterocycles. The van der Waals surface area contributed by atoms with E-state index in [1.807, 2.05) is 63.0 Å². The van der Waals surface area contributed by atoms with Crippen LogP contribution in [0.3, 0.4) is 0 Å². The summed E-state index contributed by atoms with van der Waals surface area (Å²) >= 11 is 0. The number of hydrogen-bond acceptors (Lipinski definition) is 5. The van der Waals surface area contributed by atoms with Gasteiger partial charge in [0, 0.05) is 32.5 Å². The maximum atomic E-state index is 12.2. The molecular formula is C18H25N5O. The van der Waals surface area contributed by atoms with Gasteiger partial charge >= 0.3 is 0 Å². The van der Waals surface area contributed by atoms with Crippen LogP contribution in [0.5, 0.6) is 0 Å². The predicted octanol–water partition coefficient (Wildman–Crippen LogP) is 2.23. The lowest BCUT2D eigenvalue weighted by Crippen LogP contribution is -2.30. The quantitative estimate of drug-likeness (QED) is 0.881. The average Bonchev–Trinajstić information content (AvgIpc) is 2.45. The first kappa shape index (κ1) is 17.9. The van der Waals surface area contributed by atoms with Crippen LogP contribution in [0.1, 0.15) is 16.8 Å². The van der Waals surface area contributed by atoms with E-state index in [4.69, 9.17) is 0 Å². The van der Waals surface area contributed by atoms with E-state index in [0.717, 1.165) is 22.5 Å². The fraction of sp³-hybridized carbons (Fsp3) is 0.389. The van der Waals surface area contributed by atoms with E-state index in [1.165, 1.54) is 0 Å². The molecule has 0 fully saturated rings. The highest BCUT2D eigenvalue weighted by molar-refractivity contribution is 5.92. The molecule has 2 rings (SSSR count). The van der Waals surface area contributed by atoms with Crippen LogP contribution in [0, 0.1) is 13.8 Å². The van der Waals surface area contributed by atoms with E-state index in [0.29, 0.717) is 19.0 Å². The van der Waals surface area contributed by atoms with Gasteiger partial charge in [-0.1, -0.05) is 6.07 Å². The van der Waals surface area contributed by atoms with Crippen LogP contribution < -0.4 is 10.2 Å². The zero-order valence-corrected chi connectivity index (χ0v) is 15.0. The van der Waals surface area contributed by atoms with Crippen molar-refractivity contribution < 1.29 is 4.79 Å². The number of likely N-dealkylation sites (N-methyl/N-ethyl adjacent to an activating group) is 1. The number of carbonyl (C=O) groups excluding carboxylic acids is 1. The lowest BCUT2D eigenvalue weighted by Gasteiger charge is -2.17. The Morgan fingerprint density at radius 1 is 1.12 bits per heavy atom. The second-order valence-corrected chi connectivity index (χ2v) is 6.34. The molecule has 1 aromatic heterocycles. The molecule has 1 N–H and O–H groups in total. The molecule has 0 aliphatic carbocycles. The van der Waals surface area contributed by atoms with Crippen LogP contribution in [-0.2, 0) is 11.3 Å². The fourth-order valence-electron chi connectivity index (χ4n) is 2.51. The van der Waals surface area contributed by atoms with E-state index < -0.39 is 0 Å². The van der Waals surface area contributed by atoms with Gasteiger partial charge in [-0.25, -0.2) is 9.97 Å². The van der Waals surface area contributed by atoms with Gasteiger partial charge < -0.3 is 10.2 Å². The van der Waals surface area contributed by atoms with Crippen LogP contribution in [0.15, 0.2) is 30.5 Å². The van der Waals surface area contributed by atoms with Crippen molar-refractivity contribution in [3.8, 4) is 0 Å². The van der Waals surface area contributed by atoms with Gasteiger partial charge in [-0.15, -0.1) is 0 Å². The third kappa shape index (κ3) is 5.31. The number of amides is 1. The van der Waals surface area contributed by atoms with E-state index >= 15 is 0 Å². The van der Waals surface area contributed by atoms with E-state index in [9.17, 15) is 4.79 Å². The SMILES string of the molecule is Cc1cc(C)cc(NC(=O)CN(C)Cc2ccnc(N(C)C)n2)c1. The first-order valence-electron chi connectivity index (χ1n) is 7.89. The summed E-state index contributed by atoms with van der Waals surface area (Å²) in [5, 5.41) is 2.95. The highest BCUT2D eigenvalue weighted by atomic mass is 16.2. The molecule has 6 nitrogen and oxygen atoms in total. The normalized spacial score (nSPS) is 10.8. The molecule has 0 radical (unpaired) electrons. The van der Waals surface area contributed by atoms with Crippen LogP contribution in [0.4, 0.5) is 11.6 Å². The largest absolute Gasteiger partial charge is 0.347 e. The average molecular weight is 327 g/mol. The summed E-state index contributed by atoms with van der Waals surface area (Å²) in [6.07, 6.45) is 1.74. The summed E-state index contributed by atoms with van der Waals surface area (Å²) in [6, 6.07) is 7.89. The molecule has 1 aromatic carbocycles. The zero-order valence-electron chi connectivity index (χ0n) is 15.0. The van der Waals surface area contributed by atoms with Gasteiger partial charge in [0.15, 0.2) is 0 Å². The Hall–Kier alpha value is -2.47. The smallest absolute Gasteiger partial charge is 0.238 e. The lowest BCUT2D eigenvalue weighted by atomic mass is 10.1. The Labute approximate surface area is 143 Å². The Morgan fingerprint density at radius 3 is 2.42 bits per heavy atom. The first-order chi connectivity index (χ1) is 11.3. The number of carbonyl (C=O) groups is 1. The third-order valence-electron chi connectivity index (χ3n) is 3.45. The fourth-order valence-corrected chi connectivity index (χ4v) is 2.51. The summed E-state index contributed by atoms with van der Waals surface area (Å²) in [5.74, 6) is 0.630. The minimum absolute atomic E-state index is 0.0376. The standard InChI is InChI=1S/C18H25N5O/c1-13-8-14(2)10-16(9-13)20-17(24)12-23(5)11-15-6-7-19-18(21-15)22(3)4/h6-10H,11-12H2,1-5H3,(H,20,24). The molecule has 6 heteroatoms. The Kier molecular flexibility index (Phi) is 5.87. The first-order valence-corrected chi connectivity index (χ1v) is 7.89. The molecule has 1 amide bonds. The number of hydrogen-bond donors (Lipinski definition) is 1. The number of rotatable bonds is 6. The molecule has 0 aliphatic rings. The van der Waals surface area contributed by atoms with Crippen LogP contribution in [0.25, 0.3) is 0 Å². The van der Waals surface area contributed by atoms with Crippen molar-refractivity contribution in [3.05, 3.63) is 47.3 Å². The van der Waals surface area contributed by atoms with Crippen molar-refractivity contribution in [1.29, 1.82) is 0 Å². The third-order valence-corrected chi connectivity index (χ3v) is 3.45. The molecule has 0 saturated carbocycles. The molecule has 24 heavy (non-hydrogen) atoms. The molecule has 0 unspecified atom stereocenters. The monoisotopic (exact) mass is 327 g/mol. The topological polar surface area (TPSA) is 61.4 Å². The van der Waals surface area contributed by atoms with E-state index in [-0.39, 0.29) is 5.91 Å². The van der Waals surface area contributed by atoms with Gasteiger partial charge in [-0.3, -0.25) is 9.69 Å². The Balaban J connectivity index is 1.93. The molecule has 0 atom stereocenters. The van der Waals surface area contributed by atoms with Crippen LogP contribution in [-0.4, -0.2) is 48.5 Å². The molecule has 0 saturated heterocycles. The van der Waals surface area contributed by atoms with Gasteiger partial charge in [0.1, 0.15) is 0 Å². The molecule has 0 bridgehead atoms. The number of nitrogens with zero attached hydrogens (tertiary/aromatic N) is 4. The summed E-state index contributed by atoms with van der Waals surface area (Å²) < 4.78 is 0. The highest BCUT2D eigenvalue weighted by Gasteiger charge is 2.10. The Morgan fingerprint density at radius 2 is 1.79 bits per heavy atom. The van der Waals surface area contributed by atoms with Crippen molar-refractivity contribution in [2.24, 2.45) is 0 Å². The second kappa shape index (κ2) is 7.88. The van der Waals surface area contributed by atoms with Gasteiger partial charge in [0.05, 0.1) is 12.2 Å². The van der Waals surface area contributed by atoms with Crippen molar-refractivity contribution in [2.75, 3.05) is 37.9 Å². The van der Waals surface area contributed by atoms with Crippen molar-refractivity contribution in [1.82, 2.24) is 14.9 Å². The summed E-state index contributed by atoms with van der Waals surface area (Å²) in [6.45, 7) is 4.93. The van der Waals surface area contributed by atoms with Gasteiger partial charge in [0.2, 0.25) is 11.9 Å². The van der Waals surface area contributed by atoms with Crippen molar-refractivity contribution in [3.63, 3.8) is 0 Å². The Bertz CT molecular complexity index is 694. The van der Waals surface area contributed by atoms with Crippen molar-refractivity contribution >= 4 is 17.5 Å². The van der Waals surface area contributed by atoms with Gasteiger partial charge in [0.25, 0.3) is 0 Å². The number of nitrogens with one attached hydrogen (secondary N) is 1. The van der Waals surface area contributed by atoms with Crippen LogP contribution >= 0.6 is 0 Å². The summed E-state index contributed by atoms with van der Waals surface area (Å²) in [4.78, 5) is 24.7. The van der Waals surface area contributed by atoms with E-state index in [2.05, 4.69) is 21.4 Å². The lowest BCUT2D eigenvalue weighted by molar-refractivity contribution is -0.117. The molecule has 2 aromatic rings. The van der Waals surface area contributed by atoms with E-state index in [1.54, 1.807) is 6.20 Å². The highest BCUT2D eigenvalue weighted by Crippen LogP contribution is 2.13. The van der Waals surface area contributed by atoms with Crippen LogP contribution in [0.2, 0.25) is 0 Å². The zero-order chi connectivity index (χ0) is 17.7. The number of aromatic nitrogens is 2. The minimum atomic E-state index is -0.0376. The van der Waals surface area contributed by atoms with Gasteiger partial charge in [-0.05, 0) is 50.2 Å². The second-order valence-electron chi connectivity index (χ2n) is 6.34. The minimum Gasteiger partial charge on any atom is -0.347 e. The molecular weight excluding hydrogens is 302 g/mol. The predicted molar refractivity (Wildman–Crippen MR) is 97.2 cm³/mol. The van der Waals surface area contributed by atoms with Gasteiger partial charge in [-0.2, -0.15) is 0 Å². The maximum absolute atomic E-state index is 12.2. The summed E-state index contributed by atoms with van der Waals surface area (Å²) in [5.41, 5.74) is 3.99. The van der Waals surface area contributed by atoms with Crippen molar-refractivity contribution in [2.45, 2.75) is 20.4 Å². The molecule has 128 valence electrons. The molecule has 1 heterocycles. The molecule has 0 spiro atoms. The number of aryl methyl sites for hydroxylation is 2.